The number of aliphatic hydroxyl groups is 8. The Bertz CT molecular complexity index is 1810. The normalized spacial score (nSPS) is 40.4. The van der Waals surface area contributed by atoms with Crippen molar-refractivity contribution in [2.45, 2.75) is 140 Å². The molecule has 386 valence electrons. The summed E-state index contributed by atoms with van der Waals surface area (Å²) < 4.78 is 24.4. The van der Waals surface area contributed by atoms with Crippen LogP contribution in [-0.2, 0) is 48.2 Å². The van der Waals surface area contributed by atoms with Gasteiger partial charge in [0.15, 0.2) is 6.29 Å². The number of aromatic hydroxyl groups is 1. The van der Waals surface area contributed by atoms with Crippen molar-refractivity contribution < 1.29 is 84.7 Å². The molecule has 16 N–H and O–H groups in total. The van der Waals surface area contributed by atoms with Gasteiger partial charge in [-0.1, -0.05) is 20.8 Å². The standard InChI is InChI=1S/C45H79N5O17/c1-39(21-64-23-41(3)30(20-53)66-36(60)34(46)44(41,6)62)12-28(18-51)40(2,22-65-24-42(4)37(47)43(5,61)35(59)29(19-52)67-42)45(7,63)38(39)48-13-25-10-26(14-49(8)16-31(54)55)33(58)27(11-25)15-50(9)17-32(56)57/h10-11,28-30,34-38,48,51-53,58-63H,12-24,46-47H2,1-9H3,(H,54,55)(H,56,57)/t28?,29?,30?,34?,35?,36?,37?,38?,39?,40?,41?,42?,43-,44+,45+/m1/s1. The molecule has 3 fully saturated rings. The smallest absolute Gasteiger partial charge is 0.317 e. The van der Waals surface area contributed by atoms with Gasteiger partial charge in [-0.3, -0.25) is 19.4 Å². The summed E-state index contributed by atoms with van der Waals surface area (Å²) in [6.07, 6.45) is -5.15. The fourth-order valence-corrected chi connectivity index (χ4v) is 10.8. The van der Waals surface area contributed by atoms with Gasteiger partial charge in [-0.15, -0.1) is 0 Å². The highest BCUT2D eigenvalue weighted by molar-refractivity contribution is 5.69. The highest BCUT2D eigenvalue weighted by Crippen LogP contribution is 2.55. The van der Waals surface area contributed by atoms with E-state index in [4.69, 9.17) is 30.4 Å². The van der Waals surface area contributed by atoms with Crippen LogP contribution < -0.4 is 16.8 Å². The van der Waals surface area contributed by atoms with Crippen molar-refractivity contribution in [1.29, 1.82) is 0 Å². The number of phenols is 1. The third-order valence-corrected chi connectivity index (χ3v) is 15.5. The SMILES string of the molecule is CN(CC(=O)O)Cc1cc(CNC2C(C)(COCC3(C)C(CO)OC(O)C(N)[C@]3(C)O)CC(CO)C(C)(COCC3(C)OC(CO)C(O)[C@@](C)(O)C3N)[C@@]2(C)O)cc(CN(C)CC(=O)O)c1O. The number of aliphatic hydroxyl groups excluding tert-OH is 5. The van der Waals surface area contributed by atoms with Crippen molar-refractivity contribution in [2.24, 2.45) is 33.6 Å². The van der Waals surface area contributed by atoms with E-state index < -0.39 is 119 Å². The van der Waals surface area contributed by atoms with Crippen LogP contribution in [0.5, 0.6) is 5.75 Å². The molecule has 0 amide bonds. The largest absolute Gasteiger partial charge is 0.507 e. The van der Waals surface area contributed by atoms with Crippen LogP contribution in [0.3, 0.4) is 0 Å². The van der Waals surface area contributed by atoms with Crippen LogP contribution in [0, 0.1) is 22.2 Å². The van der Waals surface area contributed by atoms with Crippen molar-refractivity contribution in [1.82, 2.24) is 15.1 Å². The molecule has 22 nitrogen and oxygen atoms in total. The first-order chi connectivity index (χ1) is 30.8. The lowest BCUT2D eigenvalue weighted by molar-refractivity contribution is -0.304. The molecule has 15 atom stereocenters. The molecular formula is C45H79N5O17. The number of phenolic OH excluding ortho intramolecular Hbond substituents is 1. The molecule has 2 aliphatic heterocycles. The summed E-state index contributed by atoms with van der Waals surface area (Å²) in [6.45, 7) is 8.15. The average Bonchev–Trinajstić information content (AvgIpc) is 3.22. The summed E-state index contributed by atoms with van der Waals surface area (Å²) in [6, 6.07) is -0.00513. The van der Waals surface area contributed by atoms with Gasteiger partial charge in [-0.05, 0) is 71.8 Å². The lowest BCUT2D eigenvalue weighted by Gasteiger charge is -2.62. The number of nitrogens with two attached hydrogens (primary N) is 2. The van der Waals surface area contributed by atoms with Crippen LogP contribution in [0.2, 0.25) is 0 Å². The van der Waals surface area contributed by atoms with Crippen molar-refractivity contribution >= 4 is 11.9 Å². The van der Waals surface area contributed by atoms with Crippen molar-refractivity contribution in [3.05, 3.63) is 28.8 Å². The van der Waals surface area contributed by atoms with Crippen LogP contribution in [0.25, 0.3) is 0 Å². The number of carboxylic acid groups (broad SMARTS) is 2. The number of rotatable bonds is 22. The minimum atomic E-state index is -1.88. The maximum Gasteiger partial charge on any atom is 0.317 e. The predicted octanol–water partition coefficient (Wildman–Crippen LogP) is -2.92. The van der Waals surface area contributed by atoms with Gasteiger partial charge in [0.1, 0.15) is 29.2 Å². The summed E-state index contributed by atoms with van der Waals surface area (Å²) >= 11 is 0. The van der Waals surface area contributed by atoms with E-state index in [2.05, 4.69) is 5.32 Å². The highest BCUT2D eigenvalue weighted by atomic mass is 16.6. The fraction of sp³-hybridized carbons (Fsp3) is 0.822. The number of hydrogen-bond donors (Lipinski definition) is 14. The predicted molar refractivity (Wildman–Crippen MR) is 240 cm³/mol. The second-order valence-corrected chi connectivity index (χ2v) is 21.1. The number of aliphatic carboxylic acids is 2. The first kappa shape index (κ1) is 56.9. The maximum atomic E-state index is 13.1. The number of ether oxygens (including phenoxy) is 4. The zero-order valence-corrected chi connectivity index (χ0v) is 40.4. The Morgan fingerprint density at radius 2 is 1.31 bits per heavy atom. The van der Waals surface area contributed by atoms with Gasteiger partial charge in [-0.2, -0.15) is 0 Å². The summed E-state index contributed by atoms with van der Waals surface area (Å²) in [5.41, 5.74) is 3.39. The number of benzene rings is 1. The molecule has 1 saturated carbocycles. The Morgan fingerprint density at radius 3 is 1.81 bits per heavy atom. The molecule has 0 bridgehead atoms. The zero-order chi connectivity index (χ0) is 50.9. The Labute approximate surface area is 392 Å². The average molecular weight is 962 g/mol. The fourth-order valence-electron chi connectivity index (χ4n) is 10.8. The van der Waals surface area contributed by atoms with E-state index in [1.165, 1.54) is 23.6 Å². The van der Waals surface area contributed by atoms with Crippen LogP contribution in [0.1, 0.15) is 71.6 Å². The summed E-state index contributed by atoms with van der Waals surface area (Å²) in [5, 5.41) is 122. The quantitative estimate of drug-likeness (QED) is 0.0553. The van der Waals surface area contributed by atoms with E-state index in [9.17, 15) is 65.8 Å². The second-order valence-electron chi connectivity index (χ2n) is 21.1. The summed E-state index contributed by atoms with van der Waals surface area (Å²) in [5.74, 6) is -2.98. The zero-order valence-electron chi connectivity index (χ0n) is 40.4. The van der Waals surface area contributed by atoms with Crippen LogP contribution in [0.4, 0.5) is 0 Å². The van der Waals surface area contributed by atoms with E-state index in [-0.39, 0.29) is 71.3 Å². The number of nitrogens with one attached hydrogen (secondary N) is 1. The van der Waals surface area contributed by atoms with Gasteiger partial charge in [0.05, 0.1) is 82.1 Å². The van der Waals surface area contributed by atoms with Gasteiger partial charge in [0, 0.05) is 59.7 Å². The van der Waals surface area contributed by atoms with Gasteiger partial charge in [0.2, 0.25) is 0 Å². The molecule has 1 aromatic carbocycles. The molecule has 12 unspecified atom stereocenters. The van der Waals surface area contributed by atoms with E-state index in [0.717, 1.165) is 0 Å². The van der Waals surface area contributed by atoms with Crippen LogP contribution in [-0.4, -0.2) is 216 Å². The Kier molecular flexibility index (Phi) is 18.1. The molecule has 2 heterocycles. The van der Waals surface area contributed by atoms with Crippen molar-refractivity contribution in [3.63, 3.8) is 0 Å². The van der Waals surface area contributed by atoms with E-state index >= 15 is 0 Å². The summed E-state index contributed by atoms with van der Waals surface area (Å²) in [4.78, 5) is 26.1. The third kappa shape index (κ3) is 11.4. The molecule has 67 heavy (non-hydrogen) atoms. The van der Waals surface area contributed by atoms with Crippen molar-refractivity contribution in [2.75, 3.05) is 73.4 Å². The highest BCUT2D eigenvalue weighted by Gasteiger charge is 2.64. The minimum absolute atomic E-state index is 0.0173. The number of likely N-dealkylation sites (N-methyl/N-ethyl adjacent to an activating group) is 2. The number of hydrogen-bond acceptors (Lipinski definition) is 20. The number of carbonyl (C=O) groups is 2. The monoisotopic (exact) mass is 962 g/mol. The number of nitrogens with zero attached hydrogens (tertiary/aromatic N) is 2. The third-order valence-electron chi connectivity index (χ3n) is 15.5. The first-order valence-electron chi connectivity index (χ1n) is 22.5. The molecule has 0 aromatic heterocycles. The molecule has 2 saturated heterocycles. The lowest BCUT2D eigenvalue weighted by Crippen LogP contribution is -2.74. The molecule has 1 aromatic rings. The Hall–Kier alpha value is -2.72. The molecule has 4 rings (SSSR count). The van der Waals surface area contributed by atoms with Gasteiger partial charge >= 0.3 is 11.9 Å². The molecule has 22 heteroatoms. The van der Waals surface area contributed by atoms with Gasteiger partial charge in [0.25, 0.3) is 0 Å². The van der Waals surface area contributed by atoms with Gasteiger partial charge in [-0.25, -0.2) is 0 Å². The molecule has 1 aliphatic carbocycles. The van der Waals surface area contributed by atoms with Crippen LogP contribution in [0.15, 0.2) is 12.1 Å². The lowest BCUT2D eigenvalue weighted by atomic mass is 9.50. The minimum Gasteiger partial charge on any atom is -0.507 e. The van der Waals surface area contributed by atoms with Gasteiger partial charge < -0.3 is 91.9 Å². The molecule has 0 radical (unpaired) electrons. The second kappa shape index (κ2) is 21.3. The van der Waals surface area contributed by atoms with Crippen molar-refractivity contribution in [3.8, 4) is 5.75 Å². The Morgan fingerprint density at radius 1 is 0.791 bits per heavy atom. The molecule has 0 spiro atoms. The van der Waals surface area contributed by atoms with Crippen LogP contribution >= 0.6 is 0 Å². The first-order valence-corrected chi connectivity index (χ1v) is 22.5. The van der Waals surface area contributed by atoms with E-state index in [1.54, 1.807) is 53.9 Å². The molecular weight excluding hydrogens is 883 g/mol. The molecule has 3 aliphatic rings. The topological polar surface area (TPSA) is 364 Å². The summed E-state index contributed by atoms with van der Waals surface area (Å²) in [7, 11) is 3.14. The maximum absolute atomic E-state index is 13.1. The number of carboxylic acids is 2. The Balaban J connectivity index is 1.76. The van der Waals surface area contributed by atoms with E-state index in [1.807, 2.05) is 6.92 Å². The van der Waals surface area contributed by atoms with E-state index in [0.29, 0.717) is 16.7 Å².